The Morgan fingerprint density at radius 1 is 1.35 bits per heavy atom. The van der Waals surface area contributed by atoms with Crippen molar-refractivity contribution in [3.05, 3.63) is 62.7 Å². The molecule has 0 bridgehead atoms. The Labute approximate surface area is 125 Å². The smallest absolute Gasteiger partial charge is 0.361 e. The minimum absolute atomic E-state index is 0.00556. The lowest BCUT2D eigenvalue weighted by Crippen LogP contribution is -2.22. The van der Waals surface area contributed by atoms with E-state index in [0.29, 0.717) is 10.2 Å². The van der Waals surface area contributed by atoms with Crippen LogP contribution in [0.3, 0.4) is 0 Å². The first-order chi connectivity index (χ1) is 9.50. The number of benzene rings is 1. The zero-order chi connectivity index (χ0) is 14.7. The first kappa shape index (κ1) is 14.5. The molecule has 1 aromatic heterocycles. The lowest BCUT2D eigenvalue weighted by molar-refractivity contribution is -0.388. The number of pyridine rings is 1. The minimum atomic E-state index is -0.462. The fraction of sp³-hybridized carbons (Fsp3) is 0.214. The van der Waals surface area contributed by atoms with E-state index in [1.54, 1.807) is 6.07 Å². The Balaban J connectivity index is 2.40. The molecule has 1 aromatic carbocycles. The second kappa shape index (κ2) is 6.00. The zero-order valence-electron chi connectivity index (χ0n) is 11.2. The summed E-state index contributed by atoms with van der Waals surface area (Å²) in [5, 5.41) is 11.1. The number of hydrogen-bond donors (Lipinski definition) is 0. The Hall–Kier alpha value is -1.95. The number of aromatic nitrogens is 1. The van der Waals surface area contributed by atoms with Gasteiger partial charge in [-0.2, -0.15) is 0 Å². The van der Waals surface area contributed by atoms with Crippen molar-refractivity contribution in [2.24, 2.45) is 0 Å². The second-order valence-electron chi connectivity index (χ2n) is 4.45. The molecule has 1 heterocycles. The maximum atomic E-state index is 11.1. The number of hydrogen-bond acceptors (Lipinski definition) is 4. The quantitative estimate of drug-likeness (QED) is 0.627. The number of nitrogens with zero attached hydrogens (tertiary/aromatic N) is 3. The number of halogens is 1. The predicted molar refractivity (Wildman–Crippen MR) is 81.9 cm³/mol. The highest BCUT2D eigenvalue weighted by Gasteiger charge is 2.23. The van der Waals surface area contributed by atoms with E-state index in [4.69, 9.17) is 0 Å². The van der Waals surface area contributed by atoms with Crippen LogP contribution in [0.5, 0.6) is 0 Å². The van der Waals surface area contributed by atoms with Gasteiger partial charge >= 0.3 is 5.82 Å². The molecular weight excluding hydrogens is 322 g/mol. The molecule has 0 radical (unpaired) electrons. The van der Waals surface area contributed by atoms with Crippen molar-refractivity contribution >= 4 is 27.4 Å². The van der Waals surface area contributed by atoms with Crippen LogP contribution in [-0.4, -0.2) is 17.0 Å². The molecule has 0 aliphatic carbocycles. The van der Waals surface area contributed by atoms with Crippen molar-refractivity contribution in [1.29, 1.82) is 0 Å². The van der Waals surface area contributed by atoms with Gasteiger partial charge in [-0.3, -0.25) is 0 Å². The Morgan fingerprint density at radius 3 is 2.60 bits per heavy atom. The average Bonchev–Trinajstić information content (AvgIpc) is 2.46. The van der Waals surface area contributed by atoms with Crippen LogP contribution in [-0.2, 0) is 0 Å². The van der Waals surface area contributed by atoms with Gasteiger partial charge in [0.1, 0.15) is 5.69 Å². The van der Waals surface area contributed by atoms with Crippen LogP contribution in [0.15, 0.2) is 47.1 Å². The van der Waals surface area contributed by atoms with Crippen molar-refractivity contribution in [3.8, 4) is 0 Å². The Kier molecular flexibility index (Phi) is 4.34. The molecule has 0 fully saturated rings. The molecule has 1 atom stereocenters. The normalized spacial score (nSPS) is 11.9. The molecule has 20 heavy (non-hydrogen) atoms. The van der Waals surface area contributed by atoms with E-state index in [2.05, 4.69) is 20.9 Å². The maximum Gasteiger partial charge on any atom is 0.387 e. The third kappa shape index (κ3) is 2.96. The van der Waals surface area contributed by atoms with Crippen LogP contribution in [0, 0.1) is 10.1 Å². The van der Waals surface area contributed by atoms with Gasteiger partial charge in [-0.25, -0.2) is 0 Å². The van der Waals surface area contributed by atoms with Crippen LogP contribution < -0.4 is 4.90 Å². The summed E-state index contributed by atoms with van der Waals surface area (Å²) in [6.07, 6.45) is 1.43. The molecule has 0 saturated carbocycles. The van der Waals surface area contributed by atoms with E-state index >= 15 is 0 Å². The van der Waals surface area contributed by atoms with Gasteiger partial charge in [-0.05, 0) is 44.4 Å². The van der Waals surface area contributed by atoms with E-state index in [-0.39, 0.29) is 11.9 Å². The van der Waals surface area contributed by atoms with Crippen LogP contribution >= 0.6 is 15.9 Å². The van der Waals surface area contributed by atoms with Gasteiger partial charge in [0.05, 0.1) is 10.5 Å². The van der Waals surface area contributed by atoms with Crippen LogP contribution in [0.2, 0.25) is 0 Å². The molecule has 0 aliphatic heterocycles. The monoisotopic (exact) mass is 335 g/mol. The molecule has 2 aromatic rings. The molecule has 6 heteroatoms. The first-order valence-electron chi connectivity index (χ1n) is 6.08. The molecule has 104 valence electrons. The lowest BCUT2D eigenvalue weighted by Gasteiger charge is -2.26. The van der Waals surface area contributed by atoms with E-state index in [1.165, 1.54) is 6.20 Å². The van der Waals surface area contributed by atoms with Gasteiger partial charge in [0.15, 0.2) is 6.20 Å². The van der Waals surface area contributed by atoms with Gasteiger partial charge in [0.25, 0.3) is 0 Å². The fourth-order valence-electron chi connectivity index (χ4n) is 1.99. The topological polar surface area (TPSA) is 59.3 Å². The molecule has 0 saturated heterocycles. The van der Waals surface area contributed by atoms with E-state index in [1.807, 2.05) is 49.2 Å². The second-order valence-corrected chi connectivity index (χ2v) is 5.37. The van der Waals surface area contributed by atoms with Gasteiger partial charge in [0.2, 0.25) is 0 Å². The molecule has 0 spiro atoms. The largest absolute Gasteiger partial charge is 0.387 e. The molecule has 0 amide bonds. The molecule has 0 aliphatic rings. The summed E-state index contributed by atoms with van der Waals surface area (Å²) in [6, 6.07) is 11.6. The Bertz CT molecular complexity index is 619. The van der Waals surface area contributed by atoms with Crippen molar-refractivity contribution in [1.82, 2.24) is 4.98 Å². The zero-order valence-corrected chi connectivity index (χ0v) is 12.7. The fourth-order valence-corrected chi connectivity index (χ4v) is 2.30. The summed E-state index contributed by atoms with van der Waals surface area (Å²) in [6.45, 7) is 2.00. The van der Waals surface area contributed by atoms with E-state index < -0.39 is 4.92 Å². The van der Waals surface area contributed by atoms with Crippen LogP contribution in [0.4, 0.5) is 11.5 Å². The van der Waals surface area contributed by atoms with Crippen molar-refractivity contribution in [3.63, 3.8) is 0 Å². The summed E-state index contributed by atoms with van der Waals surface area (Å²) in [7, 11) is 1.83. The number of rotatable bonds is 4. The van der Waals surface area contributed by atoms with Gasteiger partial charge < -0.3 is 15.0 Å². The van der Waals surface area contributed by atoms with Crippen molar-refractivity contribution in [2.45, 2.75) is 13.0 Å². The van der Waals surface area contributed by atoms with Gasteiger partial charge in [-0.15, -0.1) is 0 Å². The molecule has 5 nitrogen and oxygen atoms in total. The SMILES string of the molecule is C[C@H](c1ccccc1)N(C)c1cc(Br)cnc1[N+](=O)[O-]. The summed E-state index contributed by atoms with van der Waals surface area (Å²) in [5.41, 5.74) is 1.57. The predicted octanol–water partition coefficient (Wildman–Crippen LogP) is 3.95. The number of anilines is 1. The average molecular weight is 336 g/mol. The van der Waals surface area contributed by atoms with Gasteiger partial charge in [0, 0.05) is 7.05 Å². The molecular formula is C14H14BrN3O2. The van der Waals surface area contributed by atoms with Crippen LogP contribution in [0.25, 0.3) is 0 Å². The number of nitro groups is 1. The standard InChI is InChI=1S/C14H14BrN3O2/c1-10(11-6-4-3-5-7-11)17(2)13-8-12(15)9-16-14(13)18(19)20/h3-10H,1-2H3/t10-/m1/s1. The highest BCUT2D eigenvalue weighted by molar-refractivity contribution is 9.10. The van der Waals surface area contributed by atoms with Gasteiger partial charge in [-0.1, -0.05) is 30.3 Å². The highest BCUT2D eigenvalue weighted by Crippen LogP contribution is 2.33. The summed E-state index contributed by atoms with van der Waals surface area (Å²) < 4.78 is 0.713. The van der Waals surface area contributed by atoms with E-state index in [9.17, 15) is 10.1 Å². The van der Waals surface area contributed by atoms with Crippen molar-refractivity contribution in [2.75, 3.05) is 11.9 Å². The summed E-state index contributed by atoms with van der Waals surface area (Å²) in [5.74, 6) is -0.140. The molecule has 0 N–H and O–H groups in total. The first-order valence-corrected chi connectivity index (χ1v) is 6.87. The third-order valence-electron chi connectivity index (χ3n) is 3.23. The molecule has 2 rings (SSSR count). The third-order valence-corrected chi connectivity index (χ3v) is 3.66. The highest BCUT2D eigenvalue weighted by atomic mass is 79.9. The maximum absolute atomic E-state index is 11.1. The lowest BCUT2D eigenvalue weighted by atomic mass is 10.1. The summed E-state index contributed by atoms with van der Waals surface area (Å²) >= 11 is 3.31. The Morgan fingerprint density at radius 2 is 2.00 bits per heavy atom. The molecule has 0 unspecified atom stereocenters. The summed E-state index contributed by atoms with van der Waals surface area (Å²) in [4.78, 5) is 16.4. The minimum Gasteiger partial charge on any atom is -0.361 e. The van der Waals surface area contributed by atoms with E-state index in [0.717, 1.165) is 5.56 Å². The van der Waals surface area contributed by atoms with Crippen LogP contribution in [0.1, 0.15) is 18.5 Å². The van der Waals surface area contributed by atoms with Crippen molar-refractivity contribution < 1.29 is 4.92 Å².